The van der Waals surface area contributed by atoms with Gasteiger partial charge in [0, 0.05) is 12.8 Å². The van der Waals surface area contributed by atoms with Crippen LogP contribution in [-0.2, 0) is 36.5 Å². The molecule has 6 rings (SSSR count). The summed E-state index contributed by atoms with van der Waals surface area (Å²) in [5, 5.41) is 1.36. The summed E-state index contributed by atoms with van der Waals surface area (Å²) in [5.74, 6) is 1.92. The predicted octanol–water partition coefficient (Wildman–Crippen LogP) is 26.1. The van der Waals surface area contributed by atoms with Crippen LogP contribution in [0.2, 0.25) is 0 Å². The number of para-hydroxylation sites is 3. The lowest BCUT2D eigenvalue weighted by Crippen LogP contribution is -2.45. The van der Waals surface area contributed by atoms with E-state index in [0.29, 0.717) is 29.2 Å². The molecule has 1 fully saturated rings. The van der Waals surface area contributed by atoms with E-state index in [4.69, 9.17) is 22.7 Å². The van der Waals surface area contributed by atoms with E-state index in [9.17, 15) is 27.4 Å². The van der Waals surface area contributed by atoms with Gasteiger partial charge in [-0.15, -0.1) is 0 Å². The van der Waals surface area contributed by atoms with Crippen molar-refractivity contribution in [1.29, 1.82) is 0 Å². The second-order valence-corrected chi connectivity index (χ2v) is 27.5. The van der Waals surface area contributed by atoms with E-state index in [-0.39, 0.29) is 51.8 Å². The SMILES string of the molecule is C.C.C.C.CC.CC.CCCCC1(CC)COP1(=O)Oc1ccccc1.CCCCCCCCCCCCCCCC[P+](C)=O.CCCP=O.CP=O.C[P+](=O)Oc1ccccc1.C[P+](=O)c1ccccc1.O=[P+](Oc1ccccc1)c1ccccc1. The van der Waals surface area contributed by atoms with E-state index in [1.54, 1.807) is 49.7 Å². The van der Waals surface area contributed by atoms with Gasteiger partial charge in [-0.2, -0.15) is 0 Å². The Balaban J connectivity index is -0.000000177. The smallest absolute Gasteiger partial charge is 0.424 e. The minimum Gasteiger partial charge on any atom is -0.424 e. The zero-order valence-corrected chi connectivity index (χ0v) is 58.9. The largest absolute Gasteiger partial charge is 0.597 e. The highest BCUT2D eigenvalue weighted by Gasteiger charge is 2.59. The molecule has 0 amide bonds. The van der Waals surface area contributed by atoms with E-state index in [1.807, 2.05) is 157 Å². The van der Waals surface area contributed by atoms with Crippen molar-refractivity contribution in [2.24, 2.45) is 0 Å². The van der Waals surface area contributed by atoms with Crippen molar-refractivity contribution >= 4 is 66.8 Å². The zero-order valence-electron chi connectivity index (χ0n) is 52.6. The van der Waals surface area contributed by atoms with Gasteiger partial charge in [0.25, 0.3) is 0 Å². The number of hydrogen-bond acceptors (Lipinski definition) is 11. The molecule has 0 spiro atoms. The Morgan fingerprint density at radius 1 is 0.483 bits per heavy atom. The molecular formula is C69H121O11P7+4. The minimum atomic E-state index is -2.99. The molecule has 1 aliphatic heterocycles. The third kappa shape index (κ3) is 53.8. The summed E-state index contributed by atoms with van der Waals surface area (Å²) in [6.45, 7) is 23.7. The van der Waals surface area contributed by atoms with Gasteiger partial charge in [0.05, 0.1) is 6.61 Å². The molecule has 11 nitrogen and oxygen atoms in total. The van der Waals surface area contributed by atoms with Crippen molar-refractivity contribution in [3.63, 3.8) is 0 Å². The summed E-state index contributed by atoms with van der Waals surface area (Å²) in [5.41, 5.74) is 0. The molecule has 0 saturated carbocycles. The van der Waals surface area contributed by atoms with Crippen LogP contribution in [0.3, 0.4) is 0 Å². The van der Waals surface area contributed by atoms with Crippen molar-refractivity contribution in [1.82, 2.24) is 0 Å². The molecular weight excluding hydrogens is 1220 g/mol. The van der Waals surface area contributed by atoms with Crippen LogP contribution in [0.1, 0.15) is 207 Å². The molecule has 0 N–H and O–H groups in total. The molecule has 1 heterocycles. The van der Waals surface area contributed by atoms with Crippen LogP contribution in [0.15, 0.2) is 152 Å². The average molecular weight is 1340 g/mol. The van der Waals surface area contributed by atoms with Crippen molar-refractivity contribution in [3.8, 4) is 17.2 Å². The number of benzene rings is 5. The van der Waals surface area contributed by atoms with Crippen LogP contribution in [0, 0.1) is 0 Å². The summed E-state index contributed by atoms with van der Waals surface area (Å²) in [6, 6.07) is 46.2. The van der Waals surface area contributed by atoms with Gasteiger partial charge in [-0.05, 0) is 102 Å². The topological polar surface area (TPSA) is 156 Å². The third-order valence-electron chi connectivity index (χ3n) is 11.8. The Morgan fingerprint density at radius 2 is 0.828 bits per heavy atom. The molecule has 1 saturated heterocycles. The molecule has 0 bridgehead atoms. The van der Waals surface area contributed by atoms with E-state index >= 15 is 0 Å². The highest BCUT2D eigenvalue weighted by molar-refractivity contribution is 7.57. The standard InChI is InChI=1S/C17H36OP.C14H21O3P.C12H10O2P.C7H8O2P.C7H8OP.C3H7OP.2C2H6.CH3OP.4CH4/c1-3-4-5-6-7-8-9-10-11-12-13-14-15-16-17-19(2)18;1-3-5-11-14(4-2)12-16-18(14,15)17-13-9-7-6-8-10-13;13-15(12-9-5-2-6-10-12)14-11-7-3-1-4-8-11;1-10(8)9-7-5-3-2-4-6-7;1-9(8)7-5-3-2-4-6-7;1-2-3-5-4;2*1-2;1-3-2;;;;/h3-17H2,1-2H3;6-10H,3-5,11-12H2,1-2H3;1-10H;2-6H,1H3;2-6H,1H3;2-3H2,1H3;2*1-2H3;1H3;4*1H4/q+1;;3*+1;;;;;;;;. The summed E-state index contributed by atoms with van der Waals surface area (Å²) in [7, 11) is -7.90. The molecule has 0 radical (unpaired) electrons. The Bertz CT molecular complexity index is 2350. The zero-order chi connectivity index (χ0) is 62.7. The Labute approximate surface area is 540 Å². The van der Waals surface area contributed by atoms with Gasteiger partial charge in [0.2, 0.25) is 5.30 Å². The van der Waals surface area contributed by atoms with Crippen LogP contribution >= 0.6 is 56.2 Å². The van der Waals surface area contributed by atoms with E-state index < -0.39 is 39.3 Å². The van der Waals surface area contributed by atoms with Crippen molar-refractivity contribution < 1.29 is 50.1 Å². The predicted molar refractivity (Wildman–Crippen MR) is 389 cm³/mol. The molecule has 6 atom stereocenters. The molecule has 87 heavy (non-hydrogen) atoms. The van der Waals surface area contributed by atoms with Gasteiger partial charge < -0.3 is 4.52 Å². The average Bonchev–Trinajstić information content (AvgIpc) is 0.906. The molecule has 5 aromatic rings. The van der Waals surface area contributed by atoms with Crippen molar-refractivity contribution in [3.05, 3.63) is 152 Å². The van der Waals surface area contributed by atoms with E-state index in [2.05, 4.69) is 20.8 Å². The molecule has 6 unspecified atom stereocenters. The maximum absolute atomic E-state index is 12.8. The fourth-order valence-corrected chi connectivity index (χ4v) is 12.2. The minimum absolute atomic E-state index is 0. The first-order valence-electron chi connectivity index (χ1n) is 29.9. The van der Waals surface area contributed by atoms with Crippen LogP contribution in [0.5, 0.6) is 17.2 Å². The first-order chi connectivity index (χ1) is 40.2. The first kappa shape index (κ1) is 96.9. The highest BCUT2D eigenvalue weighted by atomic mass is 31.2. The van der Waals surface area contributed by atoms with Gasteiger partial charge in [-0.1, -0.05) is 275 Å². The molecule has 1 aliphatic rings. The first-order valence-corrected chi connectivity index (χ1v) is 40.1. The number of hydrogen-bond donors (Lipinski definition) is 0. The van der Waals surface area contributed by atoms with Crippen LogP contribution in [0.4, 0.5) is 0 Å². The lowest BCUT2D eigenvalue weighted by molar-refractivity contribution is 0.120. The van der Waals surface area contributed by atoms with Gasteiger partial charge in [-0.3, -0.25) is 22.7 Å². The third-order valence-corrected chi connectivity index (χ3v) is 18.8. The van der Waals surface area contributed by atoms with Gasteiger partial charge in [0.15, 0.2) is 40.4 Å². The van der Waals surface area contributed by atoms with Crippen LogP contribution < -0.4 is 24.2 Å². The van der Waals surface area contributed by atoms with E-state index in [1.165, 1.54) is 96.6 Å². The lowest BCUT2D eigenvalue weighted by atomic mass is 9.99. The van der Waals surface area contributed by atoms with Gasteiger partial charge in [0.1, 0.15) is 30.4 Å². The van der Waals surface area contributed by atoms with Crippen molar-refractivity contribution in [2.75, 3.05) is 45.6 Å². The summed E-state index contributed by atoms with van der Waals surface area (Å²) >= 11 is 0. The fraction of sp³-hybridized carbons (Fsp3) is 0.565. The molecule has 0 aliphatic carbocycles. The monoisotopic (exact) mass is 1340 g/mol. The number of rotatable bonds is 29. The normalized spacial score (nSPS) is 14.1. The Morgan fingerprint density at radius 3 is 1.11 bits per heavy atom. The maximum Gasteiger partial charge on any atom is 0.597 e. The van der Waals surface area contributed by atoms with Crippen LogP contribution in [-0.4, -0.2) is 50.7 Å². The van der Waals surface area contributed by atoms with Crippen LogP contribution in [0.25, 0.3) is 0 Å². The second-order valence-electron chi connectivity index (χ2n) is 18.5. The Kier molecular flexibility index (Phi) is 77.7. The Hall–Kier alpha value is -3.71. The number of unbranched alkanes of at least 4 members (excludes halogenated alkanes) is 14. The quantitative estimate of drug-likeness (QED) is 0.0332. The summed E-state index contributed by atoms with van der Waals surface area (Å²) < 4.78 is 96.4. The van der Waals surface area contributed by atoms with Gasteiger partial charge in [-0.25, -0.2) is 4.57 Å². The molecule has 0 aromatic heterocycles. The summed E-state index contributed by atoms with van der Waals surface area (Å²) in [6.07, 6.45) is 26.2. The second kappa shape index (κ2) is 69.8. The lowest BCUT2D eigenvalue weighted by Gasteiger charge is -2.46. The fourth-order valence-electron chi connectivity index (χ4n) is 7.35. The summed E-state index contributed by atoms with van der Waals surface area (Å²) in [4.78, 5) is 0. The molecule has 494 valence electrons. The van der Waals surface area contributed by atoms with E-state index in [0.717, 1.165) is 49.7 Å². The highest BCUT2D eigenvalue weighted by Crippen LogP contribution is 2.70. The van der Waals surface area contributed by atoms with Gasteiger partial charge >= 0.3 is 39.3 Å². The maximum atomic E-state index is 12.8. The molecule has 5 aromatic carbocycles. The van der Waals surface area contributed by atoms with Crippen molar-refractivity contribution in [2.45, 2.75) is 212 Å². The molecule has 18 heteroatoms.